The third kappa shape index (κ3) is 2.71. The first-order valence-electron chi connectivity index (χ1n) is 6.17. The predicted molar refractivity (Wildman–Crippen MR) is 71.1 cm³/mol. The number of furan rings is 1. The van der Waals surface area contributed by atoms with Gasteiger partial charge in [-0.3, -0.25) is 0 Å². The number of rotatable bonds is 5. The molecule has 0 fully saturated rings. The van der Waals surface area contributed by atoms with Gasteiger partial charge in [0, 0.05) is 18.0 Å². The quantitative estimate of drug-likeness (QED) is 0.856. The van der Waals surface area contributed by atoms with Crippen LogP contribution < -0.4 is 10.6 Å². The Labute approximate surface area is 106 Å². The van der Waals surface area contributed by atoms with Crippen LogP contribution >= 0.6 is 0 Å². The monoisotopic (exact) mass is 250 g/mol. The lowest BCUT2D eigenvalue weighted by molar-refractivity contribution is 0.462. The van der Waals surface area contributed by atoms with E-state index in [4.69, 9.17) is 4.42 Å². The summed E-state index contributed by atoms with van der Waals surface area (Å²) in [5, 5.41) is 7.33. The van der Waals surface area contributed by atoms with Gasteiger partial charge in [-0.25, -0.2) is 4.39 Å². The number of benzene rings is 1. The highest BCUT2D eigenvalue weighted by molar-refractivity contribution is 5.82. The zero-order chi connectivity index (χ0) is 13.1. The lowest BCUT2D eigenvalue weighted by Crippen LogP contribution is -2.34. The minimum atomic E-state index is -0.227. The van der Waals surface area contributed by atoms with Gasteiger partial charge in [0.25, 0.3) is 0 Å². The Balaban J connectivity index is 2.16. The molecule has 3 nitrogen and oxygen atoms in total. The lowest BCUT2D eigenvalue weighted by Gasteiger charge is -2.11. The highest BCUT2D eigenvalue weighted by Gasteiger charge is 2.11. The van der Waals surface area contributed by atoms with Crippen molar-refractivity contribution in [3.8, 4) is 0 Å². The molecular weight excluding hydrogens is 231 g/mol. The largest absolute Gasteiger partial charge is 0.459 e. The fourth-order valence-electron chi connectivity index (χ4n) is 2.06. The van der Waals surface area contributed by atoms with Crippen molar-refractivity contribution in [2.24, 2.45) is 0 Å². The molecule has 1 heterocycles. The highest BCUT2D eigenvalue weighted by atomic mass is 19.1. The minimum absolute atomic E-state index is 0.227. The first kappa shape index (κ1) is 13.1. The van der Waals surface area contributed by atoms with Crippen LogP contribution in [0.1, 0.15) is 18.2 Å². The van der Waals surface area contributed by atoms with E-state index < -0.39 is 0 Å². The molecule has 0 aliphatic carbocycles. The molecule has 0 bridgehead atoms. The van der Waals surface area contributed by atoms with Crippen LogP contribution in [0.2, 0.25) is 0 Å². The summed E-state index contributed by atoms with van der Waals surface area (Å²) in [6.07, 6.45) is 0. The van der Waals surface area contributed by atoms with Gasteiger partial charge in [-0.1, -0.05) is 0 Å². The van der Waals surface area contributed by atoms with Gasteiger partial charge in [0.1, 0.15) is 17.2 Å². The summed E-state index contributed by atoms with van der Waals surface area (Å²) in [7, 11) is 1.92. The van der Waals surface area contributed by atoms with Crippen molar-refractivity contribution in [1.29, 1.82) is 0 Å². The third-order valence-electron chi connectivity index (χ3n) is 3.12. The van der Waals surface area contributed by atoms with Crippen LogP contribution in [0.25, 0.3) is 11.0 Å². The fraction of sp³-hybridized carbons (Fsp3) is 0.429. The maximum absolute atomic E-state index is 13.2. The van der Waals surface area contributed by atoms with Crippen LogP contribution in [0.5, 0.6) is 0 Å². The first-order valence-corrected chi connectivity index (χ1v) is 6.17. The number of fused-ring (bicyclic) bond motifs is 1. The second-order valence-corrected chi connectivity index (χ2v) is 4.63. The molecule has 2 aromatic rings. The zero-order valence-corrected chi connectivity index (χ0v) is 11.0. The topological polar surface area (TPSA) is 37.2 Å². The van der Waals surface area contributed by atoms with Crippen LogP contribution in [0, 0.1) is 12.7 Å². The molecule has 0 spiro atoms. The van der Waals surface area contributed by atoms with E-state index in [1.807, 2.05) is 14.0 Å². The Morgan fingerprint density at radius 2 is 2.17 bits per heavy atom. The molecule has 0 aliphatic rings. The number of nitrogens with one attached hydrogen (secondary N) is 2. The van der Waals surface area contributed by atoms with E-state index in [0.717, 1.165) is 28.8 Å². The first-order chi connectivity index (χ1) is 8.61. The molecule has 1 aromatic heterocycles. The van der Waals surface area contributed by atoms with Crippen molar-refractivity contribution in [2.45, 2.75) is 26.4 Å². The van der Waals surface area contributed by atoms with Crippen molar-refractivity contribution in [3.05, 3.63) is 35.3 Å². The van der Waals surface area contributed by atoms with Crippen LogP contribution in [-0.4, -0.2) is 19.6 Å². The van der Waals surface area contributed by atoms with E-state index in [1.54, 1.807) is 6.07 Å². The van der Waals surface area contributed by atoms with Gasteiger partial charge < -0.3 is 15.1 Å². The van der Waals surface area contributed by atoms with Gasteiger partial charge in [0.05, 0.1) is 6.54 Å². The second kappa shape index (κ2) is 5.50. The van der Waals surface area contributed by atoms with E-state index in [1.165, 1.54) is 12.1 Å². The molecule has 1 atom stereocenters. The van der Waals surface area contributed by atoms with E-state index in [9.17, 15) is 4.39 Å². The molecule has 1 aromatic carbocycles. The van der Waals surface area contributed by atoms with E-state index >= 15 is 0 Å². The van der Waals surface area contributed by atoms with Crippen LogP contribution in [-0.2, 0) is 6.54 Å². The summed E-state index contributed by atoms with van der Waals surface area (Å²) in [5.74, 6) is 0.646. The Morgan fingerprint density at radius 1 is 1.39 bits per heavy atom. The summed E-state index contributed by atoms with van der Waals surface area (Å²) < 4.78 is 18.9. The molecule has 2 N–H and O–H groups in total. The van der Waals surface area contributed by atoms with E-state index in [0.29, 0.717) is 12.6 Å². The summed E-state index contributed by atoms with van der Waals surface area (Å²) >= 11 is 0. The van der Waals surface area contributed by atoms with Gasteiger partial charge in [0.2, 0.25) is 0 Å². The molecule has 0 radical (unpaired) electrons. The maximum atomic E-state index is 13.2. The summed E-state index contributed by atoms with van der Waals surface area (Å²) in [5.41, 5.74) is 1.75. The maximum Gasteiger partial charge on any atom is 0.134 e. The SMILES string of the molecule is CNCC(C)NCc1oc2ccc(F)cc2c1C. The van der Waals surface area contributed by atoms with Crippen molar-refractivity contribution in [1.82, 2.24) is 10.6 Å². The van der Waals surface area contributed by atoms with E-state index in [-0.39, 0.29) is 5.82 Å². The molecule has 18 heavy (non-hydrogen) atoms. The zero-order valence-electron chi connectivity index (χ0n) is 11.0. The number of likely N-dealkylation sites (N-methyl/N-ethyl adjacent to an activating group) is 1. The highest BCUT2D eigenvalue weighted by Crippen LogP contribution is 2.25. The van der Waals surface area contributed by atoms with Crippen LogP contribution in [0.4, 0.5) is 4.39 Å². The molecule has 4 heteroatoms. The summed E-state index contributed by atoms with van der Waals surface area (Å²) in [4.78, 5) is 0. The van der Waals surface area contributed by atoms with Gasteiger partial charge in [-0.15, -0.1) is 0 Å². The average Bonchev–Trinajstić information content (AvgIpc) is 2.64. The van der Waals surface area contributed by atoms with Crippen LogP contribution in [0.3, 0.4) is 0 Å². The summed E-state index contributed by atoms with van der Waals surface area (Å²) in [6, 6.07) is 4.98. The van der Waals surface area contributed by atoms with E-state index in [2.05, 4.69) is 17.6 Å². The van der Waals surface area contributed by atoms with Gasteiger partial charge >= 0.3 is 0 Å². The van der Waals surface area contributed by atoms with Gasteiger partial charge in [0.15, 0.2) is 0 Å². The Morgan fingerprint density at radius 3 is 2.89 bits per heavy atom. The molecule has 0 aliphatic heterocycles. The van der Waals surface area contributed by atoms with Crippen molar-refractivity contribution >= 4 is 11.0 Å². The summed E-state index contributed by atoms with van der Waals surface area (Å²) in [6.45, 7) is 5.62. The molecule has 0 amide bonds. The van der Waals surface area contributed by atoms with Crippen molar-refractivity contribution in [2.75, 3.05) is 13.6 Å². The third-order valence-corrected chi connectivity index (χ3v) is 3.12. The minimum Gasteiger partial charge on any atom is -0.459 e. The van der Waals surface area contributed by atoms with Crippen molar-refractivity contribution in [3.63, 3.8) is 0 Å². The Hall–Kier alpha value is -1.39. The molecule has 98 valence electrons. The van der Waals surface area contributed by atoms with Gasteiger partial charge in [-0.2, -0.15) is 0 Å². The normalized spacial score (nSPS) is 13.1. The number of aryl methyl sites for hydroxylation is 1. The second-order valence-electron chi connectivity index (χ2n) is 4.63. The number of halogens is 1. The molecule has 2 rings (SSSR count). The fourth-order valence-corrected chi connectivity index (χ4v) is 2.06. The molecule has 0 saturated heterocycles. The standard InChI is InChI=1S/C14H19FN2O/c1-9(7-16-3)17-8-14-10(2)12-6-11(15)4-5-13(12)18-14/h4-6,9,16-17H,7-8H2,1-3H3. The molecular formula is C14H19FN2O. The Bertz CT molecular complexity index is 536. The van der Waals surface area contributed by atoms with Crippen LogP contribution in [0.15, 0.2) is 22.6 Å². The molecule has 1 unspecified atom stereocenters. The smallest absolute Gasteiger partial charge is 0.134 e. The Kier molecular flexibility index (Phi) is 3.99. The predicted octanol–water partition coefficient (Wildman–Crippen LogP) is 2.58. The average molecular weight is 250 g/mol. The number of hydrogen-bond acceptors (Lipinski definition) is 3. The number of hydrogen-bond donors (Lipinski definition) is 2. The van der Waals surface area contributed by atoms with Crippen molar-refractivity contribution < 1.29 is 8.81 Å². The lowest BCUT2D eigenvalue weighted by atomic mass is 10.1. The molecule has 0 saturated carbocycles. The van der Waals surface area contributed by atoms with Gasteiger partial charge in [-0.05, 0) is 44.7 Å².